The zero-order valence-corrected chi connectivity index (χ0v) is 13.2. The minimum Gasteiger partial charge on any atom is -0.489 e. The van der Waals surface area contributed by atoms with E-state index >= 15 is 0 Å². The van der Waals surface area contributed by atoms with E-state index in [0.29, 0.717) is 17.3 Å². The smallest absolute Gasteiger partial charge is 0.138 e. The quantitative estimate of drug-likeness (QED) is 0.868. The molecule has 0 radical (unpaired) electrons. The van der Waals surface area contributed by atoms with Crippen molar-refractivity contribution in [1.29, 1.82) is 0 Å². The number of fused-ring (bicyclic) bond motifs is 1. The third kappa shape index (κ3) is 3.70. The van der Waals surface area contributed by atoms with E-state index in [9.17, 15) is 5.11 Å². The monoisotopic (exact) mass is 322 g/mol. The number of quaternary nitrogens is 1. The Labute approximate surface area is 135 Å². The molecular weight excluding hydrogens is 302 g/mol. The Morgan fingerprint density at radius 3 is 2.77 bits per heavy atom. The number of nitrogens with one attached hydrogen (secondary N) is 1. The Morgan fingerprint density at radius 1 is 1.18 bits per heavy atom. The third-order valence-electron chi connectivity index (χ3n) is 3.98. The second-order valence-electron chi connectivity index (χ2n) is 5.63. The van der Waals surface area contributed by atoms with Gasteiger partial charge in [-0.2, -0.15) is 0 Å². The van der Waals surface area contributed by atoms with Crippen molar-refractivity contribution in [2.75, 3.05) is 39.5 Å². The molecule has 2 aromatic carbocycles. The summed E-state index contributed by atoms with van der Waals surface area (Å²) in [6.45, 7) is 4.33. The molecule has 3 rings (SSSR count). The Bertz CT molecular complexity index is 628. The number of rotatable bonds is 5. The highest BCUT2D eigenvalue weighted by atomic mass is 35.5. The highest BCUT2D eigenvalue weighted by Gasteiger charge is 2.19. The predicted molar refractivity (Wildman–Crippen MR) is 86.8 cm³/mol. The van der Waals surface area contributed by atoms with E-state index in [1.165, 1.54) is 4.90 Å². The lowest BCUT2D eigenvalue weighted by atomic mass is 10.1. The number of hydrogen-bond donors (Lipinski definition) is 2. The molecule has 1 aliphatic heterocycles. The van der Waals surface area contributed by atoms with Crippen molar-refractivity contribution in [3.8, 4) is 5.75 Å². The van der Waals surface area contributed by atoms with Gasteiger partial charge in [-0.3, -0.25) is 0 Å². The first-order valence-corrected chi connectivity index (χ1v) is 8.01. The SMILES string of the molecule is O[C@H](COc1ccc2ccccc2c1Cl)C[NH+]1CCOCC1. The molecule has 1 saturated heterocycles. The number of hydrogen-bond acceptors (Lipinski definition) is 3. The standard InChI is InChI=1S/C17H20ClNO3/c18-17-15-4-2-1-3-13(15)5-6-16(17)22-12-14(20)11-19-7-9-21-10-8-19/h1-6,14,20H,7-12H2/p+1/t14-/m0/s1. The molecule has 4 nitrogen and oxygen atoms in total. The van der Waals surface area contributed by atoms with Crippen molar-refractivity contribution in [1.82, 2.24) is 0 Å². The summed E-state index contributed by atoms with van der Waals surface area (Å²) >= 11 is 6.39. The highest BCUT2D eigenvalue weighted by molar-refractivity contribution is 6.37. The maximum atomic E-state index is 10.1. The van der Waals surface area contributed by atoms with E-state index in [-0.39, 0.29) is 6.61 Å². The first-order valence-electron chi connectivity index (χ1n) is 7.63. The van der Waals surface area contributed by atoms with Gasteiger partial charge in [0.05, 0.1) is 18.2 Å². The summed E-state index contributed by atoms with van der Waals surface area (Å²) in [6.07, 6.45) is -0.504. The Balaban J connectivity index is 1.60. The maximum absolute atomic E-state index is 10.1. The average molecular weight is 323 g/mol. The molecule has 5 heteroatoms. The molecular formula is C17H21ClNO3+. The highest BCUT2D eigenvalue weighted by Crippen LogP contribution is 2.32. The summed E-state index contributed by atoms with van der Waals surface area (Å²) < 4.78 is 11.0. The van der Waals surface area contributed by atoms with E-state index in [2.05, 4.69) is 0 Å². The summed E-state index contributed by atoms with van der Waals surface area (Å²) in [5.41, 5.74) is 0. The number of benzene rings is 2. The van der Waals surface area contributed by atoms with Crippen molar-refractivity contribution in [2.24, 2.45) is 0 Å². The van der Waals surface area contributed by atoms with Crippen LogP contribution < -0.4 is 9.64 Å². The fourth-order valence-electron chi connectivity index (χ4n) is 2.77. The van der Waals surface area contributed by atoms with Crippen LogP contribution >= 0.6 is 11.6 Å². The van der Waals surface area contributed by atoms with E-state index in [4.69, 9.17) is 21.1 Å². The summed E-state index contributed by atoms with van der Waals surface area (Å²) in [5, 5.41) is 12.8. The molecule has 0 unspecified atom stereocenters. The Morgan fingerprint density at radius 2 is 1.95 bits per heavy atom. The maximum Gasteiger partial charge on any atom is 0.138 e. The van der Waals surface area contributed by atoms with E-state index < -0.39 is 6.10 Å². The molecule has 1 heterocycles. The van der Waals surface area contributed by atoms with Gasteiger partial charge in [-0.15, -0.1) is 0 Å². The van der Waals surface area contributed by atoms with Gasteiger partial charge in [-0.05, 0) is 11.5 Å². The average Bonchev–Trinajstić information content (AvgIpc) is 2.55. The van der Waals surface area contributed by atoms with Crippen molar-refractivity contribution < 1.29 is 19.5 Å². The van der Waals surface area contributed by atoms with Crippen LogP contribution in [0.5, 0.6) is 5.75 Å². The van der Waals surface area contributed by atoms with Crippen molar-refractivity contribution in [2.45, 2.75) is 6.10 Å². The molecule has 0 amide bonds. The molecule has 0 aliphatic carbocycles. The Kier molecular flexibility index (Phi) is 5.16. The topological polar surface area (TPSA) is 43.1 Å². The van der Waals surface area contributed by atoms with Crippen LogP contribution in [-0.4, -0.2) is 50.7 Å². The second-order valence-corrected chi connectivity index (χ2v) is 6.01. The molecule has 0 spiro atoms. The van der Waals surface area contributed by atoms with E-state index in [1.54, 1.807) is 0 Å². The number of halogens is 1. The van der Waals surface area contributed by atoms with Crippen molar-refractivity contribution >= 4 is 22.4 Å². The number of ether oxygens (including phenoxy) is 2. The molecule has 2 N–H and O–H groups in total. The lowest BCUT2D eigenvalue weighted by Gasteiger charge is -2.25. The largest absolute Gasteiger partial charge is 0.489 e. The van der Waals surface area contributed by atoms with Gasteiger partial charge in [0.25, 0.3) is 0 Å². The van der Waals surface area contributed by atoms with Gasteiger partial charge >= 0.3 is 0 Å². The summed E-state index contributed by atoms with van der Waals surface area (Å²) in [6, 6.07) is 11.8. The van der Waals surface area contributed by atoms with Gasteiger partial charge in [0.1, 0.15) is 38.1 Å². The number of morpholine rings is 1. The van der Waals surface area contributed by atoms with E-state index in [0.717, 1.165) is 37.1 Å². The van der Waals surface area contributed by atoms with Crippen LogP contribution in [-0.2, 0) is 4.74 Å². The van der Waals surface area contributed by atoms with Crippen LogP contribution in [0.4, 0.5) is 0 Å². The lowest BCUT2D eigenvalue weighted by molar-refractivity contribution is -0.911. The Hall–Kier alpha value is -1.33. The predicted octanol–water partition coefficient (Wildman–Crippen LogP) is 1.15. The fourth-order valence-corrected chi connectivity index (χ4v) is 3.06. The van der Waals surface area contributed by atoms with Gasteiger partial charge in [0.2, 0.25) is 0 Å². The molecule has 22 heavy (non-hydrogen) atoms. The summed E-state index contributed by atoms with van der Waals surface area (Å²) in [5.74, 6) is 0.622. The summed E-state index contributed by atoms with van der Waals surface area (Å²) in [7, 11) is 0. The molecule has 118 valence electrons. The van der Waals surface area contributed by atoms with Crippen molar-refractivity contribution in [3.63, 3.8) is 0 Å². The van der Waals surface area contributed by atoms with Gasteiger partial charge in [0.15, 0.2) is 0 Å². The van der Waals surface area contributed by atoms with Crippen LogP contribution in [0.1, 0.15) is 0 Å². The first-order chi connectivity index (χ1) is 10.7. The zero-order valence-electron chi connectivity index (χ0n) is 12.4. The number of aliphatic hydroxyl groups excluding tert-OH is 1. The van der Waals surface area contributed by atoms with Crippen molar-refractivity contribution in [3.05, 3.63) is 41.4 Å². The van der Waals surface area contributed by atoms with Gasteiger partial charge < -0.3 is 19.5 Å². The fraction of sp³-hybridized carbons (Fsp3) is 0.412. The third-order valence-corrected chi connectivity index (χ3v) is 4.37. The van der Waals surface area contributed by atoms with Gasteiger partial charge in [0, 0.05) is 5.39 Å². The molecule has 2 aromatic rings. The molecule has 0 aromatic heterocycles. The van der Waals surface area contributed by atoms with Crippen LogP contribution in [0.25, 0.3) is 10.8 Å². The van der Waals surface area contributed by atoms with E-state index in [1.807, 2.05) is 36.4 Å². The minimum atomic E-state index is -0.504. The summed E-state index contributed by atoms with van der Waals surface area (Å²) in [4.78, 5) is 1.35. The van der Waals surface area contributed by atoms with Crippen LogP contribution in [0.3, 0.4) is 0 Å². The molecule has 1 atom stereocenters. The molecule has 0 saturated carbocycles. The van der Waals surface area contributed by atoms with Gasteiger partial charge in [-0.25, -0.2) is 0 Å². The first kappa shape index (κ1) is 15.6. The van der Waals surface area contributed by atoms with Crippen LogP contribution in [0, 0.1) is 0 Å². The minimum absolute atomic E-state index is 0.252. The molecule has 0 bridgehead atoms. The normalized spacial score (nSPS) is 17.5. The van der Waals surface area contributed by atoms with Crippen LogP contribution in [0.2, 0.25) is 5.02 Å². The number of aliphatic hydroxyl groups is 1. The lowest BCUT2D eigenvalue weighted by Crippen LogP contribution is -3.15. The molecule has 1 fully saturated rings. The van der Waals surface area contributed by atoms with Gasteiger partial charge in [-0.1, -0.05) is 41.9 Å². The second kappa shape index (κ2) is 7.29. The van der Waals surface area contributed by atoms with Crippen LogP contribution in [0.15, 0.2) is 36.4 Å². The molecule has 1 aliphatic rings. The zero-order chi connectivity index (χ0) is 15.4.